The number of morpholine rings is 1. The molecule has 37 heavy (non-hydrogen) atoms. The Morgan fingerprint density at radius 1 is 1.16 bits per heavy atom. The van der Waals surface area contributed by atoms with Crippen molar-refractivity contribution in [2.75, 3.05) is 49.5 Å². The predicted octanol–water partition coefficient (Wildman–Crippen LogP) is 3.06. The Labute approximate surface area is 215 Å². The summed E-state index contributed by atoms with van der Waals surface area (Å²) in [6.45, 7) is 4.99. The number of carbonyl (C=O) groups excluding carboxylic acids is 2. The number of para-hydroxylation sites is 3. The summed E-state index contributed by atoms with van der Waals surface area (Å²) in [5, 5.41) is 12.5. The van der Waals surface area contributed by atoms with Crippen LogP contribution in [-0.4, -0.2) is 66.9 Å². The van der Waals surface area contributed by atoms with Crippen molar-refractivity contribution in [3.05, 3.63) is 79.0 Å². The molecule has 1 aromatic heterocycles. The van der Waals surface area contributed by atoms with Crippen molar-refractivity contribution >= 4 is 40.6 Å². The fourth-order valence-corrected chi connectivity index (χ4v) is 3.79. The minimum Gasteiger partial charge on any atom is -0.355 e. The van der Waals surface area contributed by atoms with Gasteiger partial charge < -0.3 is 25.4 Å². The van der Waals surface area contributed by atoms with Crippen molar-refractivity contribution in [3.63, 3.8) is 0 Å². The SMILES string of the molecule is C=CC(=O)Nc1ccccc1Nc1nc(N(c2ccccc2)N2CCOC(OC)C2)ncc1C(=O)NC. The zero-order valence-electron chi connectivity index (χ0n) is 20.7. The third kappa shape index (κ3) is 6.09. The number of rotatable bonds is 9. The van der Waals surface area contributed by atoms with Crippen LogP contribution >= 0.6 is 0 Å². The van der Waals surface area contributed by atoms with Crippen LogP contribution in [0.15, 0.2) is 73.4 Å². The van der Waals surface area contributed by atoms with E-state index in [0.717, 1.165) is 5.69 Å². The second-order valence-corrected chi connectivity index (χ2v) is 7.97. The van der Waals surface area contributed by atoms with Crippen LogP contribution in [-0.2, 0) is 14.3 Å². The quantitative estimate of drug-likeness (QED) is 0.378. The van der Waals surface area contributed by atoms with Gasteiger partial charge in [-0.15, -0.1) is 0 Å². The van der Waals surface area contributed by atoms with E-state index in [4.69, 9.17) is 14.5 Å². The number of nitrogens with one attached hydrogen (secondary N) is 3. The van der Waals surface area contributed by atoms with Gasteiger partial charge in [-0.2, -0.15) is 4.98 Å². The van der Waals surface area contributed by atoms with E-state index in [2.05, 4.69) is 27.5 Å². The van der Waals surface area contributed by atoms with Gasteiger partial charge >= 0.3 is 0 Å². The lowest BCUT2D eigenvalue weighted by Gasteiger charge is -2.39. The van der Waals surface area contributed by atoms with E-state index >= 15 is 0 Å². The number of nitrogens with zero attached hydrogens (tertiary/aromatic N) is 4. The fraction of sp³-hybridized carbons (Fsp3) is 0.231. The molecule has 1 aliphatic rings. The normalized spacial score (nSPS) is 15.5. The Morgan fingerprint density at radius 2 is 1.89 bits per heavy atom. The van der Waals surface area contributed by atoms with Gasteiger partial charge in [-0.3, -0.25) is 9.59 Å². The number of hydrazine groups is 1. The van der Waals surface area contributed by atoms with Gasteiger partial charge in [0.1, 0.15) is 11.4 Å². The molecule has 1 saturated heterocycles. The van der Waals surface area contributed by atoms with Crippen LogP contribution in [0.5, 0.6) is 0 Å². The first-order valence-corrected chi connectivity index (χ1v) is 11.7. The van der Waals surface area contributed by atoms with Crippen molar-refractivity contribution in [1.82, 2.24) is 20.3 Å². The first-order chi connectivity index (χ1) is 18.0. The maximum Gasteiger partial charge on any atom is 0.256 e. The highest BCUT2D eigenvalue weighted by molar-refractivity contribution is 6.03. The highest BCUT2D eigenvalue weighted by atomic mass is 16.7. The molecule has 0 bridgehead atoms. The third-order valence-corrected chi connectivity index (χ3v) is 5.62. The van der Waals surface area contributed by atoms with Crippen molar-refractivity contribution < 1.29 is 19.1 Å². The van der Waals surface area contributed by atoms with E-state index in [-0.39, 0.29) is 23.2 Å². The van der Waals surface area contributed by atoms with E-state index in [1.54, 1.807) is 25.3 Å². The highest BCUT2D eigenvalue weighted by Gasteiger charge is 2.29. The number of ether oxygens (including phenoxy) is 2. The number of hydrogen-bond acceptors (Lipinski definition) is 9. The molecule has 11 heteroatoms. The number of aromatic nitrogens is 2. The number of amides is 2. The molecule has 1 atom stereocenters. The molecule has 2 amide bonds. The van der Waals surface area contributed by atoms with Crippen LogP contribution in [0.4, 0.5) is 28.8 Å². The minimum atomic E-state index is -0.414. The summed E-state index contributed by atoms with van der Waals surface area (Å²) in [4.78, 5) is 34.0. The molecule has 0 spiro atoms. The highest BCUT2D eigenvalue weighted by Crippen LogP contribution is 2.30. The predicted molar refractivity (Wildman–Crippen MR) is 141 cm³/mol. The van der Waals surface area contributed by atoms with Crippen LogP contribution in [0.3, 0.4) is 0 Å². The Balaban J connectivity index is 1.78. The molecular weight excluding hydrogens is 474 g/mol. The molecule has 0 saturated carbocycles. The number of methoxy groups -OCH3 is 1. The van der Waals surface area contributed by atoms with E-state index in [9.17, 15) is 9.59 Å². The van der Waals surface area contributed by atoms with E-state index in [0.29, 0.717) is 37.0 Å². The number of hydrogen-bond donors (Lipinski definition) is 3. The maximum atomic E-state index is 12.7. The molecule has 192 valence electrons. The molecule has 3 aromatic rings. The summed E-state index contributed by atoms with van der Waals surface area (Å²) in [7, 11) is 3.13. The fourth-order valence-electron chi connectivity index (χ4n) is 3.79. The van der Waals surface area contributed by atoms with Crippen LogP contribution in [0, 0.1) is 0 Å². The topological polar surface area (TPSA) is 121 Å². The molecule has 11 nitrogen and oxygen atoms in total. The molecule has 2 heterocycles. The molecule has 0 aliphatic carbocycles. The van der Waals surface area contributed by atoms with Crippen LogP contribution in [0.2, 0.25) is 0 Å². The molecular formula is C26H29N7O4. The van der Waals surface area contributed by atoms with Crippen LogP contribution in [0.25, 0.3) is 0 Å². The summed E-state index contributed by atoms with van der Waals surface area (Å²) in [6.07, 6.45) is 2.24. The second kappa shape index (κ2) is 12.1. The Hall–Kier alpha value is -4.32. The van der Waals surface area contributed by atoms with E-state index in [1.807, 2.05) is 46.4 Å². The number of carbonyl (C=O) groups is 2. The standard InChI is InChI=1S/C26H29N7O4/c1-4-22(34)29-20-12-8-9-13-21(20)30-24-19(25(35)27-2)16-28-26(31-24)33(18-10-6-5-7-11-18)32-14-15-37-23(17-32)36-3/h4-13,16,23H,1,14-15,17H2,2-3H3,(H,27,35)(H,29,34)(H,28,30,31). The van der Waals surface area contributed by atoms with Crippen molar-refractivity contribution in [2.45, 2.75) is 6.29 Å². The molecule has 3 N–H and O–H groups in total. The second-order valence-electron chi connectivity index (χ2n) is 7.97. The zero-order valence-corrected chi connectivity index (χ0v) is 20.7. The van der Waals surface area contributed by atoms with Crippen molar-refractivity contribution in [3.8, 4) is 0 Å². The molecule has 1 aliphatic heterocycles. The molecule has 0 radical (unpaired) electrons. The monoisotopic (exact) mass is 503 g/mol. The van der Waals surface area contributed by atoms with Gasteiger partial charge in [0.2, 0.25) is 11.9 Å². The summed E-state index contributed by atoms with van der Waals surface area (Å²) in [5.74, 6) is -0.119. The van der Waals surface area contributed by atoms with Gasteiger partial charge in [0.05, 0.1) is 30.2 Å². The number of anilines is 5. The Morgan fingerprint density at radius 3 is 2.59 bits per heavy atom. The van der Waals surface area contributed by atoms with Gasteiger partial charge in [0.15, 0.2) is 6.29 Å². The van der Waals surface area contributed by atoms with Gasteiger partial charge in [0.25, 0.3) is 5.91 Å². The van der Waals surface area contributed by atoms with Crippen molar-refractivity contribution in [1.29, 1.82) is 0 Å². The van der Waals surface area contributed by atoms with Gasteiger partial charge in [-0.05, 0) is 30.3 Å². The molecule has 1 unspecified atom stereocenters. The summed E-state index contributed by atoms with van der Waals surface area (Å²) >= 11 is 0. The average molecular weight is 504 g/mol. The smallest absolute Gasteiger partial charge is 0.256 e. The van der Waals surface area contributed by atoms with E-state index < -0.39 is 6.29 Å². The van der Waals surface area contributed by atoms with Crippen LogP contribution < -0.4 is 21.0 Å². The maximum absolute atomic E-state index is 12.7. The van der Waals surface area contributed by atoms with Gasteiger partial charge in [-0.25, -0.2) is 15.0 Å². The minimum absolute atomic E-state index is 0.237. The van der Waals surface area contributed by atoms with Crippen molar-refractivity contribution in [2.24, 2.45) is 0 Å². The lowest BCUT2D eigenvalue weighted by Crippen LogP contribution is -2.51. The zero-order chi connectivity index (χ0) is 26.2. The Bertz CT molecular complexity index is 1250. The molecule has 2 aromatic carbocycles. The van der Waals surface area contributed by atoms with Gasteiger partial charge in [-0.1, -0.05) is 36.9 Å². The van der Waals surface area contributed by atoms with Crippen LogP contribution in [0.1, 0.15) is 10.4 Å². The summed E-state index contributed by atoms with van der Waals surface area (Å²) in [5.41, 5.74) is 2.12. The first kappa shape index (κ1) is 25.8. The summed E-state index contributed by atoms with van der Waals surface area (Å²) < 4.78 is 11.1. The molecule has 4 rings (SSSR count). The van der Waals surface area contributed by atoms with E-state index in [1.165, 1.54) is 19.3 Å². The first-order valence-electron chi connectivity index (χ1n) is 11.7. The number of benzene rings is 2. The average Bonchev–Trinajstić information content (AvgIpc) is 2.94. The largest absolute Gasteiger partial charge is 0.355 e. The Kier molecular flexibility index (Phi) is 8.41. The summed E-state index contributed by atoms with van der Waals surface area (Å²) in [6, 6.07) is 16.8. The molecule has 1 fully saturated rings. The lowest BCUT2D eigenvalue weighted by atomic mass is 10.2. The van der Waals surface area contributed by atoms with Gasteiger partial charge in [0, 0.05) is 26.9 Å². The lowest BCUT2D eigenvalue weighted by molar-refractivity contribution is -0.164. The third-order valence-electron chi connectivity index (χ3n) is 5.62.